The van der Waals surface area contributed by atoms with E-state index >= 15 is 0 Å². The summed E-state index contributed by atoms with van der Waals surface area (Å²) >= 11 is 0. The number of benzene rings is 1. The number of nitrogens with one attached hydrogen (secondary N) is 1. The molecule has 1 aliphatic carbocycles. The molecule has 4 heteroatoms. The van der Waals surface area contributed by atoms with Crippen LogP contribution in [0.25, 0.3) is 6.08 Å². The molecule has 1 fully saturated rings. The van der Waals surface area contributed by atoms with Crippen molar-refractivity contribution in [2.24, 2.45) is 5.92 Å². The summed E-state index contributed by atoms with van der Waals surface area (Å²) in [6.45, 7) is 2.91. The number of hydrogen-bond donors (Lipinski definition) is 2. The third-order valence-electron chi connectivity index (χ3n) is 3.27. The summed E-state index contributed by atoms with van der Waals surface area (Å²) in [5.74, 6) is 1.02. The molecule has 0 heterocycles. The van der Waals surface area contributed by atoms with E-state index in [0.717, 1.165) is 24.2 Å². The van der Waals surface area contributed by atoms with Gasteiger partial charge in [-0.2, -0.15) is 0 Å². The SMILES string of the molecule is CCOc1ccc(C=CC(=O)NCC(O)C2CC2)cc1. The topological polar surface area (TPSA) is 58.6 Å². The second kappa shape index (κ2) is 7.10. The molecular formula is C16H21NO3. The summed E-state index contributed by atoms with van der Waals surface area (Å²) in [7, 11) is 0. The fraction of sp³-hybridized carbons (Fsp3) is 0.438. The van der Waals surface area contributed by atoms with E-state index in [1.54, 1.807) is 6.08 Å². The van der Waals surface area contributed by atoms with Crippen LogP contribution in [0.4, 0.5) is 0 Å². The van der Waals surface area contributed by atoms with Crippen LogP contribution in [0.1, 0.15) is 25.3 Å². The molecule has 4 nitrogen and oxygen atoms in total. The highest BCUT2D eigenvalue weighted by Gasteiger charge is 2.29. The molecule has 0 spiro atoms. The van der Waals surface area contributed by atoms with Gasteiger partial charge in [-0.25, -0.2) is 0 Å². The van der Waals surface area contributed by atoms with E-state index in [-0.39, 0.29) is 5.91 Å². The smallest absolute Gasteiger partial charge is 0.244 e. The molecule has 2 rings (SSSR count). The highest BCUT2D eigenvalue weighted by molar-refractivity contribution is 5.91. The van der Waals surface area contributed by atoms with Crippen molar-refractivity contribution >= 4 is 12.0 Å². The molecule has 1 saturated carbocycles. The van der Waals surface area contributed by atoms with Gasteiger partial charge in [0, 0.05) is 12.6 Å². The Labute approximate surface area is 119 Å². The average molecular weight is 275 g/mol. The molecule has 0 bridgehead atoms. The molecule has 0 aromatic heterocycles. The van der Waals surface area contributed by atoms with Gasteiger partial charge in [-0.3, -0.25) is 4.79 Å². The summed E-state index contributed by atoms with van der Waals surface area (Å²) in [4.78, 5) is 11.6. The number of carbonyl (C=O) groups excluding carboxylic acids is 1. The Morgan fingerprint density at radius 1 is 1.45 bits per heavy atom. The lowest BCUT2D eigenvalue weighted by atomic mass is 10.2. The van der Waals surface area contributed by atoms with Crippen molar-refractivity contribution in [2.45, 2.75) is 25.9 Å². The first-order valence-corrected chi connectivity index (χ1v) is 7.06. The summed E-state index contributed by atoms with van der Waals surface area (Å²) in [5, 5.41) is 12.4. The van der Waals surface area contributed by atoms with Gasteiger partial charge in [-0.1, -0.05) is 12.1 Å². The molecule has 1 aromatic carbocycles. The highest BCUT2D eigenvalue weighted by Crippen LogP contribution is 2.32. The third kappa shape index (κ3) is 4.70. The van der Waals surface area contributed by atoms with Crippen LogP contribution in [0.15, 0.2) is 30.3 Å². The minimum absolute atomic E-state index is 0.182. The van der Waals surface area contributed by atoms with Crippen LogP contribution in [0, 0.1) is 5.92 Å². The fourth-order valence-electron chi connectivity index (χ4n) is 1.93. The minimum Gasteiger partial charge on any atom is -0.494 e. The quantitative estimate of drug-likeness (QED) is 0.748. The maximum Gasteiger partial charge on any atom is 0.244 e. The molecule has 1 aromatic rings. The largest absolute Gasteiger partial charge is 0.494 e. The van der Waals surface area contributed by atoms with Crippen LogP contribution < -0.4 is 10.1 Å². The summed E-state index contributed by atoms with van der Waals surface area (Å²) in [5.41, 5.74) is 0.936. The number of amides is 1. The minimum atomic E-state index is -0.405. The molecule has 0 saturated heterocycles. The maximum atomic E-state index is 11.6. The molecule has 1 amide bonds. The van der Waals surface area contributed by atoms with Crippen LogP contribution in [0.3, 0.4) is 0 Å². The van der Waals surface area contributed by atoms with Gasteiger partial charge in [0.15, 0.2) is 0 Å². The van der Waals surface area contributed by atoms with Crippen LogP contribution in [0.5, 0.6) is 5.75 Å². The Balaban J connectivity index is 1.77. The van der Waals surface area contributed by atoms with Gasteiger partial charge < -0.3 is 15.2 Å². The van der Waals surface area contributed by atoms with Crippen molar-refractivity contribution in [1.82, 2.24) is 5.32 Å². The number of rotatable bonds is 7. The Bertz CT molecular complexity index is 463. The average Bonchev–Trinajstić information content (AvgIpc) is 3.29. The number of ether oxygens (including phenoxy) is 1. The first-order chi connectivity index (χ1) is 9.69. The predicted octanol–water partition coefficient (Wildman–Crippen LogP) is 1.99. The summed E-state index contributed by atoms with van der Waals surface area (Å²) < 4.78 is 5.35. The third-order valence-corrected chi connectivity index (χ3v) is 3.27. The molecule has 1 atom stereocenters. The first-order valence-electron chi connectivity index (χ1n) is 7.06. The van der Waals surface area contributed by atoms with E-state index in [2.05, 4.69) is 5.32 Å². The molecule has 0 radical (unpaired) electrons. The second-order valence-electron chi connectivity index (χ2n) is 4.99. The van der Waals surface area contributed by atoms with Gasteiger partial charge in [0.2, 0.25) is 5.91 Å². The van der Waals surface area contributed by atoms with Crippen LogP contribution in [0.2, 0.25) is 0 Å². The zero-order valence-corrected chi connectivity index (χ0v) is 11.7. The van der Waals surface area contributed by atoms with E-state index in [1.807, 2.05) is 31.2 Å². The number of carbonyl (C=O) groups is 1. The van der Waals surface area contributed by atoms with Crippen molar-refractivity contribution in [3.63, 3.8) is 0 Å². The van der Waals surface area contributed by atoms with E-state index in [1.165, 1.54) is 6.08 Å². The van der Waals surface area contributed by atoms with Crippen molar-refractivity contribution in [1.29, 1.82) is 0 Å². The van der Waals surface area contributed by atoms with E-state index in [9.17, 15) is 9.90 Å². The monoisotopic (exact) mass is 275 g/mol. The molecule has 1 unspecified atom stereocenters. The predicted molar refractivity (Wildman–Crippen MR) is 78.4 cm³/mol. The Kier molecular flexibility index (Phi) is 5.18. The fourth-order valence-corrected chi connectivity index (χ4v) is 1.93. The van der Waals surface area contributed by atoms with Gasteiger partial charge in [-0.05, 0) is 49.5 Å². The van der Waals surface area contributed by atoms with Crippen LogP contribution in [-0.2, 0) is 4.79 Å². The van der Waals surface area contributed by atoms with Gasteiger partial charge in [0.1, 0.15) is 5.75 Å². The molecule has 1 aliphatic rings. The molecule has 20 heavy (non-hydrogen) atoms. The summed E-state index contributed by atoms with van der Waals surface area (Å²) in [6, 6.07) is 7.54. The summed E-state index contributed by atoms with van der Waals surface area (Å²) in [6.07, 6.45) is 4.96. The van der Waals surface area contributed by atoms with E-state index in [4.69, 9.17) is 4.74 Å². The van der Waals surface area contributed by atoms with Gasteiger partial charge >= 0.3 is 0 Å². The zero-order chi connectivity index (χ0) is 14.4. The van der Waals surface area contributed by atoms with E-state index < -0.39 is 6.10 Å². The van der Waals surface area contributed by atoms with Crippen molar-refractivity contribution in [3.05, 3.63) is 35.9 Å². The maximum absolute atomic E-state index is 11.6. The van der Waals surface area contributed by atoms with E-state index in [0.29, 0.717) is 19.1 Å². The van der Waals surface area contributed by atoms with Crippen molar-refractivity contribution in [2.75, 3.05) is 13.2 Å². The molecule has 0 aliphatic heterocycles. The lowest BCUT2D eigenvalue weighted by Gasteiger charge is -2.08. The Morgan fingerprint density at radius 3 is 2.75 bits per heavy atom. The standard InChI is InChI=1S/C16H21NO3/c1-2-20-14-8-3-12(4-9-14)5-10-16(19)17-11-15(18)13-6-7-13/h3-5,8-10,13,15,18H,2,6-7,11H2,1H3,(H,17,19). The van der Waals surface area contributed by atoms with Gasteiger partial charge in [0.25, 0.3) is 0 Å². The lowest BCUT2D eigenvalue weighted by Crippen LogP contribution is -2.31. The van der Waals surface area contributed by atoms with Crippen LogP contribution in [-0.4, -0.2) is 30.3 Å². The molecule has 108 valence electrons. The number of hydrogen-bond acceptors (Lipinski definition) is 3. The van der Waals surface area contributed by atoms with Gasteiger partial charge in [-0.15, -0.1) is 0 Å². The normalized spacial score (nSPS) is 16.1. The second-order valence-corrected chi connectivity index (χ2v) is 4.99. The number of aliphatic hydroxyl groups is 1. The van der Waals surface area contributed by atoms with Gasteiger partial charge in [0.05, 0.1) is 12.7 Å². The number of aliphatic hydroxyl groups excluding tert-OH is 1. The Hall–Kier alpha value is -1.81. The molecule has 2 N–H and O–H groups in total. The van der Waals surface area contributed by atoms with Crippen molar-refractivity contribution in [3.8, 4) is 5.75 Å². The first kappa shape index (κ1) is 14.6. The van der Waals surface area contributed by atoms with Crippen molar-refractivity contribution < 1.29 is 14.6 Å². The zero-order valence-electron chi connectivity index (χ0n) is 11.7. The lowest BCUT2D eigenvalue weighted by molar-refractivity contribution is -0.116. The molecular weight excluding hydrogens is 254 g/mol. The Morgan fingerprint density at radius 2 is 2.15 bits per heavy atom. The van der Waals surface area contributed by atoms with Crippen LogP contribution >= 0.6 is 0 Å². The highest BCUT2D eigenvalue weighted by atomic mass is 16.5.